The Hall–Kier alpha value is -0.970. The monoisotopic (exact) mass is 216 g/mol. The van der Waals surface area contributed by atoms with Gasteiger partial charge in [0.1, 0.15) is 0 Å². The lowest BCUT2D eigenvalue weighted by Crippen LogP contribution is -2.22. The van der Waals surface area contributed by atoms with Crippen molar-refractivity contribution in [3.8, 4) is 0 Å². The molecule has 0 radical (unpaired) electrons. The molecule has 0 amide bonds. The van der Waals surface area contributed by atoms with Crippen LogP contribution < -0.4 is 5.43 Å². The highest BCUT2D eigenvalue weighted by atomic mass is 32.2. The molecule has 1 rings (SSSR count). The van der Waals surface area contributed by atoms with E-state index in [1.807, 2.05) is 31.5 Å². The van der Waals surface area contributed by atoms with Gasteiger partial charge >= 0.3 is 0 Å². The van der Waals surface area contributed by atoms with Gasteiger partial charge in [0.25, 0.3) is 0 Å². The van der Waals surface area contributed by atoms with Crippen LogP contribution in [0.15, 0.2) is 24.5 Å². The minimum atomic E-state index is -2.86. The van der Waals surface area contributed by atoms with E-state index in [-0.39, 0.29) is 11.5 Å². The zero-order chi connectivity index (χ0) is 10.4. The van der Waals surface area contributed by atoms with Crippen LogP contribution in [0.5, 0.6) is 0 Å². The second-order valence-corrected chi connectivity index (χ2v) is 5.45. The minimum Gasteiger partial charge on any atom is -0.325 e. The number of nitrogens with one attached hydrogen (secondary N) is 1. The van der Waals surface area contributed by atoms with Crippen LogP contribution in [0, 0.1) is 0 Å². The Kier molecular flexibility index (Phi) is 4.00. The Bertz CT molecular complexity index is 343. The molecule has 0 fully saturated rings. The van der Waals surface area contributed by atoms with Crippen LogP contribution in [-0.4, -0.2) is 31.1 Å². The fourth-order valence-corrected chi connectivity index (χ4v) is 2.41. The van der Waals surface area contributed by atoms with Gasteiger partial charge < -0.3 is 5.43 Å². The molecule has 1 heterocycles. The van der Waals surface area contributed by atoms with Crippen molar-refractivity contribution in [1.82, 2.24) is 4.68 Å². The summed E-state index contributed by atoms with van der Waals surface area (Å²) in [6, 6.07) is 3.76. The SMILES string of the molecule is CCCS(=O)(=O)CCNn1cccc1. The third-order valence-corrected chi connectivity index (χ3v) is 3.68. The molecule has 1 aromatic heterocycles. The standard InChI is InChI=1S/C9H16N2O2S/c1-2-8-14(12,13)9-5-10-11-6-3-4-7-11/h3-4,6-7,10H,2,5,8-9H2,1H3. The van der Waals surface area contributed by atoms with E-state index >= 15 is 0 Å². The number of aromatic nitrogens is 1. The Morgan fingerprint density at radius 2 is 1.86 bits per heavy atom. The first kappa shape index (κ1) is 11.1. The zero-order valence-electron chi connectivity index (χ0n) is 8.31. The molecule has 0 saturated carbocycles. The predicted octanol–water partition coefficient (Wildman–Crippen LogP) is 0.856. The first-order valence-electron chi connectivity index (χ1n) is 4.71. The molecule has 5 heteroatoms. The molecule has 0 unspecified atom stereocenters. The zero-order valence-corrected chi connectivity index (χ0v) is 9.13. The molecule has 0 aliphatic rings. The van der Waals surface area contributed by atoms with Crippen molar-refractivity contribution in [3.63, 3.8) is 0 Å². The Labute approximate surface area is 84.8 Å². The van der Waals surface area contributed by atoms with E-state index < -0.39 is 9.84 Å². The molecule has 80 valence electrons. The van der Waals surface area contributed by atoms with Crippen molar-refractivity contribution < 1.29 is 8.42 Å². The van der Waals surface area contributed by atoms with Crippen LogP contribution in [0.1, 0.15) is 13.3 Å². The molecule has 14 heavy (non-hydrogen) atoms. The maximum atomic E-state index is 11.3. The van der Waals surface area contributed by atoms with Crippen LogP contribution >= 0.6 is 0 Å². The van der Waals surface area contributed by atoms with Gasteiger partial charge in [-0.2, -0.15) is 0 Å². The highest BCUT2D eigenvalue weighted by molar-refractivity contribution is 7.91. The first-order valence-corrected chi connectivity index (χ1v) is 6.53. The Balaban J connectivity index is 2.28. The predicted molar refractivity (Wildman–Crippen MR) is 57.6 cm³/mol. The molecule has 0 spiro atoms. The van der Waals surface area contributed by atoms with Gasteiger partial charge in [-0.25, -0.2) is 8.42 Å². The molecule has 0 saturated heterocycles. The van der Waals surface area contributed by atoms with Crippen molar-refractivity contribution in [1.29, 1.82) is 0 Å². The van der Waals surface area contributed by atoms with Crippen molar-refractivity contribution in [2.24, 2.45) is 0 Å². The molecule has 1 N–H and O–H groups in total. The molecule has 0 aromatic carbocycles. The van der Waals surface area contributed by atoms with Crippen molar-refractivity contribution >= 4 is 9.84 Å². The van der Waals surface area contributed by atoms with E-state index in [0.717, 1.165) is 0 Å². The Morgan fingerprint density at radius 1 is 1.21 bits per heavy atom. The lowest BCUT2D eigenvalue weighted by atomic mass is 10.6. The summed E-state index contributed by atoms with van der Waals surface area (Å²) in [6.07, 6.45) is 4.37. The van der Waals surface area contributed by atoms with Gasteiger partial charge in [-0.15, -0.1) is 0 Å². The van der Waals surface area contributed by atoms with Gasteiger partial charge in [0.15, 0.2) is 9.84 Å². The second-order valence-electron chi connectivity index (χ2n) is 3.15. The van der Waals surface area contributed by atoms with Crippen molar-refractivity contribution in [2.45, 2.75) is 13.3 Å². The fourth-order valence-electron chi connectivity index (χ4n) is 1.18. The molecule has 0 bridgehead atoms. The quantitative estimate of drug-likeness (QED) is 0.767. The number of sulfone groups is 1. The van der Waals surface area contributed by atoms with Gasteiger partial charge in [-0.3, -0.25) is 4.68 Å². The smallest absolute Gasteiger partial charge is 0.152 e. The summed E-state index contributed by atoms with van der Waals surface area (Å²) in [5, 5.41) is 0. The summed E-state index contributed by atoms with van der Waals surface area (Å²) < 4.78 is 24.4. The Morgan fingerprint density at radius 3 is 2.43 bits per heavy atom. The first-order chi connectivity index (χ1) is 6.64. The largest absolute Gasteiger partial charge is 0.325 e. The van der Waals surface area contributed by atoms with Crippen LogP contribution in [0.4, 0.5) is 0 Å². The third kappa shape index (κ3) is 3.83. The molecule has 0 aliphatic heterocycles. The number of hydrogen-bond donors (Lipinski definition) is 1. The second kappa shape index (κ2) is 5.05. The summed E-state index contributed by atoms with van der Waals surface area (Å²) in [7, 11) is -2.86. The van der Waals surface area contributed by atoms with Crippen molar-refractivity contribution in [3.05, 3.63) is 24.5 Å². The van der Waals surface area contributed by atoms with Crippen LogP contribution in [0.3, 0.4) is 0 Å². The minimum absolute atomic E-state index is 0.193. The highest BCUT2D eigenvalue weighted by Crippen LogP contribution is 1.93. The summed E-state index contributed by atoms with van der Waals surface area (Å²) in [5.74, 6) is 0.472. The van der Waals surface area contributed by atoms with E-state index in [1.165, 1.54) is 0 Å². The maximum absolute atomic E-state index is 11.3. The number of hydrogen-bond acceptors (Lipinski definition) is 3. The average Bonchev–Trinajstić information content (AvgIpc) is 2.56. The van der Waals surface area contributed by atoms with Gasteiger partial charge in [-0.1, -0.05) is 6.92 Å². The topological polar surface area (TPSA) is 51.1 Å². The van der Waals surface area contributed by atoms with Crippen LogP contribution in [0.2, 0.25) is 0 Å². The van der Waals surface area contributed by atoms with Gasteiger partial charge in [0.05, 0.1) is 5.75 Å². The number of nitrogens with zero attached hydrogens (tertiary/aromatic N) is 1. The number of rotatable bonds is 6. The summed E-state index contributed by atoms with van der Waals surface area (Å²) in [4.78, 5) is 0. The van der Waals surface area contributed by atoms with E-state index in [1.54, 1.807) is 4.68 Å². The molecule has 0 aliphatic carbocycles. The van der Waals surface area contributed by atoms with E-state index in [9.17, 15) is 8.42 Å². The van der Waals surface area contributed by atoms with E-state index in [2.05, 4.69) is 5.43 Å². The van der Waals surface area contributed by atoms with Gasteiger partial charge in [-0.05, 0) is 18.6 Å². The summed E-state index contributed by atoms with van der Waals surface area (Å²) in [5.41, 5.74) is 2.98. The van der Waals surface area contributed by atoms with Gasteiger partial charge in [0.2, 0.25) is 0 Å². The van der Waals surface area contributed by atoms with Crippen molar-refractivity contribution in [2.75, 3.05) is 23.5 Å². The lowest BCUT2D eigenvalue weighted by Gasteiger charge is -2.07. The van der Waals surface area contributed by atoms with Gasteiger partial charge in [0, 0.05) is 24.7 Å². The summed E-state index contributed by atoms with van der Waals surface area (Å²) >= 11 is 0. The van der Waals surface area contributed by atoms with Crippen LogP contribution in [-0.2, 0) is 9.84 Å². The molecule has 1 aromatic rings. The summed E-state index contributed by atoms with van der Waals surface area (Å²) in [6.45, 7) is 2.33. The lowest BCUT2D eigenvalue weighted by molar-refractivity contribution is 0.594. The van der Waals surface area contributed by atoms with E-state index in [4.69, 9.17) is 0 Å². The molecular weight excluding hydrogens is 200 g/mol. The highest BCUT2D eigenvalue weighted by Gasteiger charge is 2.07. The molecule has 0 atom stereocenters. The van der Waals surface area contributed by atoms with E-state index in [0.29, 0.717) is 13.0 Å². The normalized spacial score (nSPS) is 11.5. The average molecular weight is 216 g/mol. The fraction of sp³-hybridized carbons (Fsp3) is 0.556. The maximum Gasteiger partial charge on any atom is 0.152 e. The molecular formula is C9H16N2O2S. The molecule has 4 nitrogen and oxygen atoms in total. The third-order valence-electron chi connectivity index (χ3n) is 1.83. The van der Waals surface area contributed by atoms with Crippen LogP contribution in [0.25, 0.3) is 0 Å².